The average molecular weight is 495 g/mol. The lowest BCUT2D eigenvalue weighted by molar-refractivity contribution is 0.124. The smallest absolute Gasteiger partial charge is 0.249 e. The van der Waals surface area contributed by atoms with Gasteiger partial charge >= 0.3 is 0 Å². The van der Waals surface area contributed by atoms with Crippen LogP contribution in [0.25, 0.3) is 0 Å². The number of benzene rings is 3. The van der Waals surface area contributed by atoms with Crippen LogP contribution < -0.4 is 9.64 Å². The van der Waals surface area contributed by atoms with Crippen molar-refractivity contribution < 1.29 is 17.5 Å². The predicted octanol–water partition coefficient (Wildman–Crippen LogP) is 5.78. The van der Waals surface area contributed by atoms with Crippen molar-refractivity contribution in [1.29, 1.82) is 0 Å². The van der Waals surface area contributed by atoms with Gasteiger partial charge in [0.2, 0.25) is 10.0 Å². The second-order valence-corrected chi connectivity index (χ2v) is 11.5. The van der Waals surface area contributed by atoms with Gasteiger partial charge in [-0.15, -0.1) is 0 Å². The molecule has 1 saturated heterocycles. The Morgan fingerprint density at radius 3 is 2.43 bits per heavy atom. The SMILES string of the molecule is CC1CCCN(c2cccc3c2S(=O)(=O)N(Cc2ccc(F)cc2)[C@@H](C)[C@H](c2ccccc2)O3)C1. The van der Waals surface area contributed by atoms with Crippen molar-refractivity contribution in [2.24, 2.45) is 5.92 Å². The molecule has 35 heavy (non-hydrogen) atoms. The molecule has 0 amide bonds. The number of anilines is 1. The molecule has 184 valence electrons. The van der Waals surface area contributed by atoms with Crippen LogP contribution in [0.1, 0.15) is 43.9 Å². The lowest BCUT2D eigenvalue weighted by Gasteiger charge is -2.35. The highest BCUT2D eigenvalue weighted by Gasteiger charge is 2.43. The standard InChI is InChI=1S/C28H31FN2O3S/c1-20-8-7-17-30(18-20)25-11-6-12-26-28(25)35(32,33)31(19-22-13-15-24(29)16-14-22)21(2)27(34-26)23-9-4-3-5-10-23/h3-6,9-16,20-21,27H,7-8,17-19H2,1-2H3/t20?,21-,27+/m0/s1. The molecule has 0 aliphatic carbocycles. The number of nitrogens with zero attached hydrogens (tertiary/aromatic N) is 2. The summed E-state index contributed by atoms with van der Waals surface area (Å²) in [6, 6.07) is 20.8. The zero-order chi connectivity index (χ0) is 24.6. The summed E-state index contributed by atoms with van der Waals surface area (Å²) < 4.78 is 50.4. The fraction of sp³-hybridized carbons (Fsp3) is 0.357. The lowest BCUT2D eigenvalue weighted by atomic mass is 9.99. The molecule has 0 spiro atoms. The van der Waals surface area contributed by atoms with Crippen molar-refractivity contribution >= 4 is 15.7 Å². The largest absolute Gasteiger partial charge is 0.483 e. The second-order valence-electron chi connectivity index (χ2n) is 9.66. The third-order valence-electron chi connectivity index (χ3n) is 7.05. The van der Waals surface area contributed by atoms with Gasteiger partial charge < -0.3 is 9.64 Å². The molecule has 0 saturated carbocycles. The van der Waals surface area contributed by atoms with Gasteiger partial charge in [0.1, 0.15) is 22.6 Å². The number of ether oxygens (including phenoxy) is 1. The highest BCUT2D eigenvalue weighted by atomic mass is 32.2. The Morgan fingerprint density at radius 2 is 1.71 bits per heavy atom. The van der Waals surface area contributed by atoms with E-state index in [-0.39, 0.29) is 17.3 Å². The van der Waals surface area contributed by atoms with Gasteiger partial charge in [-0.3, -0.25) is 0 Å². The maximum absolute atomic E-state index is 14.4. The summed E-state index contributed by atoms with van der Waals surface area (Å²) in [5.74, 6) is 0.515. The molecule has 0 N–H and O–H groups in total. The van der Waals surface area contributed by atoms with Gasteiger partial charge in [0.15, 0.2) is 0 Å². The first-order valence-corrected chi connectivity index (χ1v) is 13.6. The topological polar surface area (TPSA) is 49.9 Å². The van der Waals surface area contributed by atoms with Crippen molar-refractivity contribution in [1.82, 2.24) is 4.31 Å². The molecule has 0 radical (unpaired) electrons. The van der Waals surface area contributed by atoms with E-state index in [9.17, 15) is 12.8 Å². The number of hydrogen-bond donors (Lipinski definition) is 0. The minimum absolute atomic E-state index is 0.126. The minimum atomic E-state index is -3.94. The van der Waals surface area contributed by atoms with Crippen LogP contribution in [0, 0.1) is 11.7 Å². The maximum Gasteiger partial charge on any atom is 0.249 e. The number of hydrogen-bond acceptors (Lipinski definition) is 4. The van der Waals surface area contributed by atoms with Gasteiger partial charge in [-0.05, 0) is 61.1 Å². The van der Waals surface area contributed by atoms with E-state index >= 15 is 0 Å². The molecule has 5 nitrogen and oxygen atoms in total. The van der Waals surface area contributed by atoms with Crippen molar-refractivity contribution in [2.75, 3.05) is 18.0 Å². The number of piperidine rings is 1. The van der Waals surface area contributed by atoms with Crippen LogP contribution in [0.4, 0.5) is 10.1 Å². The summed E-state index contributed by atoms with van der Waals surface area (Å²) in [6.07, 6.45) is 1.66. The molecular weight excluding hydrogens is 463 g/mol. The molecule has 3 aromatic rings. The van der Waals surface area contributed by atoms with Crippen LogP contribution >= 0.6 is 0 Å². The normalized spacial score (nSPS) is 24.3. The molecule has 2 aliphatic rings. The summed E-state index contributed by atoms with van der Waals surface area (Å²) in [4.78, 5) is 2.40. The molecule has 3 aromatic carbocycles. The van der Waals surface area contributed by atoms with Crippen LogP contribution in [-0.2, 0) is 16.6 Å². The van der Waals surface area contributed by atoms with Crippen molar-refractivity contribution in [2.45, 2.75) is 50.3 Å². The highest BCUT2D eigenvalue weighted by molar-refractivity contribution is 7.89. The first kappa shape index (κ1) is 23.8. The van der Waals surface area contributed by atoms with Gasteiger partial charge in [-0.1, -0.05) is 55.5 Å². The molecule has 7 heteroatoms. The van der Waals surface area contributed by atoms with Crippen molar-refractivity contribution in [3.05, 3.63) is 89.7 Å². The van der Waals surface area contributed by atoms with Gasteiger partial charge in [-0.25, -0.2) is 12.8 Å². The van der Waals surface area contributed by atoms with Crippen LogP contribution in [0.2, 0.25) is 0 Å². The summed E-state index contributed by atoms with van der Waals surface area (Å²) in [5, 5.41) is 0. The molecule has 3 atom stereocenters. The number of fused-ring (bicyclic) bond motifs is 1. The fourth-order valence-electron chi connectivity index (χ4n) is 5.22. The van der Waals surface area contributed by atoms with Gasteiger partial charge in [0, 0.05) is 19.6 Å². The van der Waals surface area contributed by atoms with Gasteiger partial charge in [-0.2, -0.15) is 4.31 Å². The third kappa shape index (κ3) is 4.67. The summed E-state index contributed by atoms with van der Waals surface area (Å²) in [7, 11) is -3.94. The van der Waals surface area contributed by atoms with E-state index in [4.69, 9.17) is 4.74 Å². The van der Waals surface area contributed by atoms with Gasteiger partial charge in [0.25, 0.3) is 0 Å². The minimum Gasteiger partial charge on any atom is -0.483 e. The van der Waals surface area contributed by atoms with E-state index in [1.807, 2.05) is 49.4 Å². The molecule has 1 unspecified atom stereocenters. The van der Waals surface area contributed by atoms with E-state index < -0.39 is 22.2 Å². The molecule has 5 rings (SSSR count). The number of sulfonamides is 1. The zero-order valence-corrected chi connectivity index (χ0v) is 20.9. The van der Waals surface area contributed by atoms with E-state index in [0.29, 0.717) is 17.4 Å². The van der Waals surface area contributed by atoms with E-state index in [2.05, 4.69) is 11.8 Å². The van der Waals surface area contributed by atoms with Crippen LogP contribution in [0.15, 0.2) is 77.7 Å². The van der Waals surface area contributed by atoms with Crippen molar-refractivity contribution in [3.63, 3.8) is 0 Å². The van der Waals surface area contributed by atoms with Crippen LogP contribution in [-0.4, -0.2) is 31.9 Å². The average Bonchev–Trinajstić information content (AvgIpc) is 2.94. The summed E-state index contributed by atoms with van der Waals surface area (Å²) >= 11 is 0. The Kier molecular flexibility index (Phi) is 6.55. The lowest BCUT2D eigenvalue weighted by Crippen LogP contribution is -2.41. The Labute approximate surface area is 207 Å². The maximum atomic E-state index is 14.4. The fourth-order valence-corrected chi connectivity index (χ4v) is 7.16. The van der Waals surface area contributed by atoms with Crippen LogP contribution in [0.3, 0.4) is 0 Å². The summed E-state index contributed by atoms with van der Waals surface area (Å²) in [6.45, 7) is 5.83. The molecule has 2 aliphatic heterocycles. The first-order valence-electron chi connectivity index (χ1n) is 12.2. The van der Waals surface area contributed by atoms with E-state index in [1.54, 1.807) is 18.2 Å². The van der Waals surface area contributed by atoms with E-state index in [1.165, 1.54) is 16.4 Å². The number of rotatable bonds is 4. The highest BCUT2D eigenvalue weighted by Crippen LogP contribution is 2.44. The Balaban J connectivity index is 1.66. The van der Waals surface area contributed by atoms with E-state index in [0.717, 1.165) is 37.1 Å². The predicted molar refractivity (Wildman–Crippen MR) is 135 cm³/mol. The molecule has 0 bridgehead atoms. The monoisotopic (exact) mass is 494 g/mol. The first-order chi connectivity index (χ1) is 16.8. The molecule has 0 aromatic heterocycles. The number of halogens is 1. The van der Waals surface area contributed by atoms with Crippen molar-refractivity contribution in [3.8, 4) is 5.75 Å². The van der Waals surface area contributed by atoms with Crippen LogP contribution in [0.5, 0.6) is 5.75 Å². The molecule has 1 fully saturated rings. The molecule has 2 heterocycles. The Bertz CT molecular complexity index is 1280. The second kappa shape index (κ2) is 9.63. The Hall–Kier alpha value is -2.90. The zero-order valence-electron chi connectivity index (χ0n) is 20.1. The van der Waals surface area contributed by atoms with Gasteiger partial charge in [0.05, 0.1) is 11.7 Å². The Morgan fingerprint density at radius 1 is 0.971 bits per heavy atom. The summed E-state index contributed by atoms with van der Waals surface area (Å²) in [5.41, 5.74) is 2.32. The third-order valence-corrected chi connectivity index (χ3v) is 9.05. The molecular formula is C28H31FN2O3S. The quantitative estimate of drug-likeness (QED) is 0.462.